The lowest BCUT2D eigenvalue weighted by Crippen LogP contribution is -2.32. The van der Waals surface area contributed by atoms with Gasteiger partial charge in [-0.05, 0) is 39.0 Å². The summed E-state index contributed by atoms with van der Waals surface area (Å²) in [6.45, 7) is 3.91. The van der Waals surface area contributed by atoms with Crippen LogP contribution in [-0.4, -0.2) is 16.5 Å². The maximum atomic E-state index is 11.5. The first-order valence-corrected chi connectivity index (χ1v) is 5.30. The Bertz CT molecular complexity index is 175. The van der Waals surface area contributed by atoms with Crippen molar-refractivity contribution in [1.29, 1.82) is 0 Å². The summed E-state index contributed by atoms with van der Waals surface area (Å²) in [5.41, 5.74) is -0.511. The largest absolute Gasteiger partial charge is 0.390 e. The third-order valence-electron chi connectivity index (χ3n) is 3.01. The molecule has 0 saturated heterocycles. The Morgan fingerprint density at radius 1 is 1.46 bits per heavy atom. The fraction of sp³-hybridized carbons (Fsp3) is 0.909. The third kappa shape index (κ3) is 3.11. The van der Waals surface area contributed by atoms with E-state index >= 15 is 0 Å². The topological polar surface area (TPSA) is 37.3 Å². The van der Waals surface area contributed by atoms with Gasteiger partial charge in [0.25, 0.3) is 0 Å². The first-order valence-electron chi connectivity index (χ1n) is 5.30. The van der Waals surface area contributed by atoms with Gasteiger partial charge in [0.2, 0.25) is 0 Å². The van der Waals surface area contributed by atoms with Gasteiger partial charge in [-0.2, -0.15) is 0 Å². The zero-order valence-electron chi connectivity index (χ0n) is 8.68. The first kappa shape index (κ1) is 10.7. The summed E-state index contributed by atoms with van der Waals surface area (Å²) in [7, 11) is 0. The number of aliphatic hydroxyl groups is 1. The first-order chi connectivity index (χ1) is 6.05. The van der Waals surface area contributed by atoms with E-state index in [2.05, 4.69) is 0 Å². The average molecular weight is 184 g/mol. The van der Waals surface area contributed by atoms with E-state index < -0.39 is 5.60 Å². The van der Waals surface area contributed by atoms with E-state index in [1.807, 2.05) is 13.8 Å². The zero-order valence-corrected chi connectivity index (χ0v) is 8.68. The van der Waals surface area contributed by atoms with Crippen molar-refractivity contribution in [2.24, 2.45) is 5.92 Å². The number of carbonyl (C=O) groups excluding carboxylic acids is 1. The van der Waals surface area contributed by atoms with Crippen LogP contribution in [0.5, 0.6) is 0 Å². The van der Waals surface area contributed by atoms with E-state index in [4.69, 9.17) is 0 Å². The van der Waals surface area contributed by atoms with Crippen LogP contribution < -0.4 is 0 Å². The van der Waals surface area contributed by atoms with Crippen molar-refractivity contribution in [3.05, 3.63) is 0 Å². The standard InChI is InChI=1S/C11H20O2/c1-3-4-10(12)9-5-7-11(2,13)8-6-9/h9,13H,3-8H2,1-2H3. The smallest absolute Gasteiger partial charge is 0.135 e. The Morgan fingerprint density at radius 2 is 2.00 bits per heavy atom. The summed E-state index contributed by atoms with van der Waals surface area (Å²) in [5, 5.41) is 9.69. The van der Waals surface area contributed by atoms with Gasteiger partial charge in [-0.1, -0.05) is 6.92 Å². The van der Waals surface area contributed by atoms with Crippen molar-refractivity contribution in [2.75, 3.05) is 0 Å². The van der Waals surface area contributed by atoms with Crippen LogP contribution in [-0.2, 0) is 4.79 Å². The summed E-state index contributed by atoms with van der Waals surface area (Å²) < 4.78 is 0. The molecule has 0 spiro atoms. The molecular formula is C11H20O2. The predicted molar refractivity (Wildman–Crippen MR) is 52.5 cm³/mol. The highest BCUT2D eigenvalue weighted by Crippen LogP contribution is 2.32. The van der Waals surface area contributed by atoms with Gasteiger partial charge in [-0.3, -0.25) is 4.79 Å². The van der Waals surface area contributed by atoms with Crippen LogP contribution in [0.2, 0.25) is 0 Å². The van der Waals surface area contributed by atoms with Gasteiger partial charge >= 0.3 is 0 Å². The van der Waals surface area contributed by atoms with Crippen LogP contribution in [0, 0.1) is 5.92 Å². The zero-order chi connectivity index (χ0) is 9.90. The van der Waals surface area contributed by atoms with Gasteiger partial charge < -0.3 is 5.11 Å². The molecule has 1 aliphatic rings. The van der Waals surface area contributed by atoms with E-state index in [1.54, 1.807) is 0 Å². The SMILES string of the molecule is CCCC(=O)C1CCC(C)(O)CC1. The fourth-order valence-corrected chi connectivity index (χ4v) is 2.01. The Morgan fingerprint density at radius 3 is 2.46 bits per heavy atom. The third-order valence-corrected chi connectivity index (χ3v) is 3.01. The molecule has 1 N–H and O–H groups in total. The van der Waals surface area contributed by atoms with E-state index in [0.29, 0.717) is 12.2 Å². The molecular weight excluding hydrogens is 164 g/mol. The van der Waals surface area contributed by atoms with Crippen molar-refractivity contribution in [3.63, 3.8) is 0 Å². The quantitative estimate of drug-likeness (QED) is 0.730. The molecule has 2 heteroatoms. The minimum atomic E-state index is -0.511. The Kier molecular flexibility index (Phi) is 3.48. The second kappa shape index (κ2) is 4.23. The molecule has 0 heterocycles. The highest BCUT2D eigenvalue weighted by atomic mass is 16.3. The van der Waals surface area contributed by atoms with Crippen LogP contribution >= 0.6 is 0 Å². The molecule has 0 unspecified atom stereocenters. The molecule has 0 aromatic rings. The highest BCUT2D eigenvalue weighted by molar-refractivity contribution is 5.81. The second-order valence-corrected chi connectivity index (χ2v) is 4.49. The molecule has 0 aromatic carbocycles. The number of Topliss-reactive ketones (excluding diaryl/α,β-unsaturated/α-hetero) is 1. The van der Waals surface area contributed by atoms with Gasteiger partial charge in [0.1, 0.15) is 5.78 Å². The maximum Gasteiger partial charge on any atom is 0.135 e. The van der Waals surface area contributed by atoms with Gasteiger partial charge in [0.05, 0.1) is 5.60 Å². The van der Waals surface area contributed by atoms with Crippen LogP contribution in [0.1, 0.15) is 52.4 Å². The van der Waals surface area contributed by atoms with Crippen LogP contribution in [0.4, 0.5) is 0 Å². The molecule has 0 bridgehead atoms. The van der Waals surface area contributed by atoms with Gasteiger partial charge in [0, 0.05) is 12.3 Å². The summed E-state index contributed by atoms with van der Waals surface area (Å²) >= 11 is 0. The summed E-state index contributed by atoms with van der Waals surface area (Å²) in [4.78, 5) is 11.5. The van der Waals surface area contributed by atoms with Crippen LogP contribution in [0.25, 0.3) is 0 Å². The Balaban J connectivity index is 2.36. The molecule has 0 aliphatic heterocycles. The lowest BCUT2D eigenvalue weighted by molar-refractivity contribution is -0.125. The van der Waals surface area contributed by atoms with Crippen molar-refractivity contribution < 1.29 is 9.90 Å². The molecule has 13 heavy (non-hydrogen) atoms. The molecule has 0 aromatic heterocycles. The molecule has 1 fully saturated rings. The van der Waals surface area contributed by atoms with Crippen LogP contribution in [0.3, 0.4) is 0 Å². The van der Waals surface area contributed by atoms with E-state index in [-0.39, 0.29) is 5.92 Å². The maximum absolute atomic E-state index is 11.5. The fourth-order valence-electron chi connectivity index (χ4n) is 2.01. The van der Waals surface area contributed by atoms with Crippen LogP contribution in [0.15, 0.2) is 0 Å². The molecule has 0 radical (unpaired) electrons. The number of hydrogen-bond donors (Lipinski definition) is 1. The highest BCUT2D eigenvalue weighted by Gasteiger charge is 2.31. The Labute approximate surface area is 80.3 Å². The lowest BCUT2D eigenvalue weighted by Gasteiger charge is -2.32. The van der Waals surface area contributed by atoms with Crippen molar-refractivity contribution in [3.8, 4) is 0 Å². The number of rotatable bonds is 3. The predicted octanol–water partition coefficient (Wildman–Crippen LogP) is 2.30. The Hall–Kier alpha value is -0.370. The molecule has 76 valence electrons. The van der Waals surface area contributed by atoms with Crippen molar-refractivity contribution in [1.82, 2.24) is 0 Å². The van der Waals surface area contributed by atoms with E-state index in [9.17, 15) is 9.90 Å². The number of ketones is 1. The van der Waals surface area contributed by atoms with Crippen molar-refractivity contribution in [2.45, 2.75) is 58.0 Å². The van der Waals surface area contributed by atoms with Crippen molar-refractivity contribution >= 4 is 5.78 Å². The normalized spacial score (nSPS) is 34.5. The molecule has 0 atom stereocenters. The number of carbonyl (C=O) groups is 1. The van der Waals surface area contributed by atoms with E-state index in [0.717, 1.165) is 32.1 Å². The summed E-state index contributed by atoms with van der Waals surface area (Å²) in [6.07, 6.45) is 5.00. The van der Waals surface area contributed by atoms with Gasteiger partial charge in [-0.15, -0.1) is 0 Å². The summed E-state index contributed by atoms with van der Waals surface area (Å²) in [5.74, 6) is 0.637. The molecule has 2 nitrogen and oxygen atoms in total. The number of hydrogen-bond acceptors (Lipinski definition) is 2. The lowest BCUT2D eigenvalue weighted by atomic mass is 9.77. The molecule has 1 rings (SSSR count). The van der Waals surface area contributed by atoms with Gasteiger partial charge in [-0.25, -0.2) is 0 Å². The second-order valence-electron chi connectivity index (χ2n) is 4.49. The molecule has 1 saturated carbocycles. The summed E-state index contributed by atoms with van der Waals surface area (Å²) in [6, 6.07) is 0. The minimum Gasteiger partial charge on any atom is -0.390 e. The average Bonchev–Trinajstić information content (AvgIpc) is 2.04. The molecule has 1 aliphatic carbocycles. The van der Waals surface area contributed by atoms with E-state index in [1.165, 1.54) is 0 Å². The van der Waals surface area contributed by atoms with Gasteiger partial charge in [0.15, 0.2) is 0 Å². The molecule has 0 amide bonds. The monoisotopic (exact) mass is 184 g/mol. The minimum absolute atomic E-state index is 0.236.